The maximum absolute atomic E-state index is 13.9. The molecule has 144 valence electrons. The molecule has 2 atom stereocenters. The zero-order valence-corrected chi connectivity index (χ0v) is 14.9. The first-order valence-electron chi connectivity index (χ1n) is 8.75. The molecule has 0 aromatic heterocycles. The van der Waals surface area contributed by atoms with Crippen LogP contribution in [-0.4, -0.2) is 16.8 Å². The molecular weight excluding hydrogens is 369 g/mol. The molecule has 0 amide bonds. The number of hydrogen-bond donors (Lipinski definition) is 2. The van der Waals surface area contributed by atoms with Gasteiger partial charge in [-0.25, -0.2) is 13.2 Å². The Bertz CT molecular complexity index is 1020. The topological polar surface area (TPSA) is 49.7 Å². The van der Waals surface area contributed by atoms with Crippen LogP contribution in [0.2, 0.25) is 0 Å². The molecule has 0 bridgehead atoms. The largest absolute Gasteiger partial charge is 0.508 e. The van der Waals surface area contributed by atoms with Crippen molar-refractivity contribution in [2.75, 3.05) is 6.61 Å². The molecule has 1 aliphatic heterocycles. The molecule has 4 rings (SSSR count). The predicted octanol–water partition coefficient (Wildman–Crippen LogP) is 5.13. The number of halogens is 3. The van der Waals surface area contributed by atoms with Gasteiger partial charge in [0.15, 0.2) is 17.5 Å². The quantitative estimate of drug-likeness (QED) is 0.600. The number of hydrogen-bond acceptors (Lipinski definition) is 3. The van der Waals surface area contributed by atoms with Crippen molar-refractivity contribution in [2.45, 2.75) is 18.8 Å². The van der Waals surface area contributed by atoms with Gasteiger partial charge in [-0.2, -0.15) is 0 Å². The van der Waals surface area contributed by atoms with Gasteiger partial charge in [0.2, 0.25) is 0 Å². The van der Waals surface area contributed by atoms with Crippen LogP contribution in [-0.2, 0) is 0 Å². The monoisotopic (exact) mass is 386 g/mol. The highest BCUT2D eigenvalue weighted by molar-refractivity contribution is 5.55. The number of aromatic hydroxyl groups is 2. The number of benzene rings is 3. The third-order valence-electron chi connectivity index (χ3n) is 5.24. The van der Waals surface area contributed by atoms with Crippen LogP contribution >= 0.6 is 0 Å². The summed E-state index contributed by atoms with van der Waals surface area (Å²) < 4.78 is 47.0. The molecule has 1 heterocycles. The average Bonchev–Trinajstić information content (AvgIpc) is 2.68. The number of phenolic OH excluding ortho intramolecular Hbond substituents is 2. The van der Waals surface area contributed by atoms with Gasteiger partial charge >= 0.3 is 0 Å². The van der Waals surface area contributed by atoms with Crippen molar-refractivity contribution in [3.8, 4) is 17.2 Å². The van der Waals surface area contributed by atoms with E-state index in [1.807, 2.05) is 0 Å². The van der Waals surface area contributed by atoms with Crippen molar-refractivity contribution < 1.29 is 28.1 Å². The SMILES string of the molecule is Cc1c(O)ccc2c1OCC(c1cc(F)c(F)c(F)c1)C2c1ccc(O)cc1. The Hall–Kier alpha value is -3.15. The summed E-state index contributed by atoms with van der Waals surface area (Å²) in [5, 5.41) is 19.6. The van der Waals surface area contributed by atoms with Crippen LogP contribution in [0, 0.1) is 24.4 Å². The van der Waals surface area contributed by atoms with Crippen LogP contribution in [0.1, 0.15) is 34.1 Å². The lowest BCUT2D eigenvalue weighted by Crippen LogP contribution is -2.26. The van der Waals surface area contributed by atoms with E-state index in [4.69, 9.17) is 4.74 Å². The Balaban J connectivity index is 1.91. The minimum atomic E-state index is -1.51. The second-order valence-electron chi connectivity index (χ2n) is 6.91. The van der Waals surface area contributed by atoms with E-state index in [0.717, 1.165) is 23.3 Å². The van der Waals surface area contributed by atoms with Crippen LogP contribution in [0.4, 0.5) is 13.2 Å². The van der Waals surface area contributed by atoms with Crippen LogP contribution < -0.4 is 4.74 Å². The zero-order chi connectivity index (χ0) is 20.0. The molecule has 0 aliphatic carbocycles. The van der Waals surface area contributed by atoms with E-state index in [1.165, 1.54) is 12.1 Å². The third kappa shape index (κ3) is 2.95. The molecule has 3 aromatic rings. The van der Waals surface area contributed by atoms with Crippen molar-refractivity contribution in [2.24, 2.45) is 0 Å². The fourth-order valence-corrected chi connectivity index (χ4v) is 3.80. The van der Waals surface area contributed by atoms with Gasteiger partial charge in [0.1, 0.15) is 17.2 Å². The highest BCUT2D eigenvalue weighted by Gasteiger charge is 2.35. The second kappa shape index (κ2) is 6.78. The smallest absolute Gasteiger partial charge is 0.194 e. The maximum atomic E-state index is 13.9. The lowest BCUT2D eigenvalue weighted by Gasteiger charge is -2.35. The van der Waals surface area contributed by atoms with Crippen LogP contribution in [0.3, 0.4) is 0 Å². The number of fused-ring (bicyclic) bond motifs is 1. The fraction of sp³-hybridized carbons (Fsp3) is 0.182. The number of rotatable bonds is 2. The fourth-order valence-electron chi connectivity index (χ4n) is 3.80. The highest BCUT2D eigenvalue weighted by atomic mass is 19.2. The molecule has 1 aliphatic rings. The standard InChI is InChI=1S/C22H17F3O3/c1-11-19(27)7-6-15-20(12-2-4-14(26)5-3-12)16(10-28-22(11)15)13-8-17(23)21(25)18(24)9-13/h2-9,16,20,26-27H,10H2,1H3. The van der Waals surface area contributed by atoms with Crippen molar-refractivity contribution in [1.82, 2.24) is 0 Å². The Morgan fingerprint density at radius 3 is 2.18 bits per heavy atom. The van der Waals surface area contributed by atoms with E-state index < -0.39 is 23.4 Å². The number of phenols is 2. The van der Waals surface area contributed by atoms with Gasteiger partial charge in [-0.1, -0.05) is 18.2 Å². The molecule has 0 fully saturated rings. The van der Waals surface area contributed by atoms with Crippen molar-refractivity contribution in [3.05, 3.63) is 88.2 Å². The molecule has 0 spiro atoms. The summed E-state index contributed by atoms with van der Waals surface area (Å²) in [5.74, 6) is -4.20. The van der Waals surface area contributed by atoms with Crippen molar-refractivity contribution in [1.29, 1.82) is 0 Å². The Kier molecular flexibility index (Phi) is 4.41. The van der Waals surface area contributed by atoms with Crippen molar-refractivity contribution in [3.63, 3.8) is 0 Å². The first kappa shape index (κ1) is 18.2. The van der Waals surface area contributed by atoms with E-state index in [0.29, 0.717) is 11.3 Å². The average molecular weight is 386 g/mol. The summed E-state index contributed by atoms with van der Waals surface area (Å²) in [6, 6.07) is 11.7. The van der Waals surface area contributed by atoms with E-state index in [-0.39, 0.29) is 29.6 Å². The van der Waals surface area contributed by atoms with Gasteiger partial charge in [0.25, 0.3) is 0 Å². The van der Waals surface area contributed by atoms with Gasteiger partial charge < -0.3 is 14.9 Å². The van der Waals surface area contributed by atoms with E-state index >= 15 is 0 Å². The van der Waals surface area contributed by atoms with Crippen LogP contribution in [0.5, 0.6) is 17.2 Å². The second-order valence-corrected chi connectivity index (χ2v) is 6.91. The van der Waals surface area contributed by atoms with Gasteiger partial charge in [-0.3, -0.25) is 0 Å². The molecule has 0 saturated carbocycles. The first-order chi connectivity index (χ1) is 13.4. The van der Waals surface area contributed by atoms with Crippen LogP contribution in [0.25, 0.3) is 0 Å². The Morgan fingerprint density at radius 1 is 0.893 bits per heavy atom. The summed E-state index contributed by atoms with van der Waals surface area (Å²) in [5.41, 5.74) is 2.37. The molecule has 6 heteroatoms. The predicted molar refractivity (Wildman–Crippen MR) is 97.3 cm³/mol. The normalized spacial score (nSPS) is 18.4. The van der Waals surface area contributed by atoms with Gasteiger partial charge in [-0.05, 0) is 48.4 Å². The minimum Gasteiger partial charge on any atom is -0.508 e. The molecule has 2 unspecified atom stereocenters. The number of ether oxygens (including phenoxy) is 1. The summed E-state index contributed by atoms with van der Waals surface area (Å²) in [4.78, 5) is 0. The Morgan fingerprint density at radius 2 is 1.54 bits per heavy atom. The van der Waals surface area contributed by atoms with E-state index in [1.54, 1.807) is 31.2 Å². The van der Waals surface area contributed by atoms with Crippen LogP contribution in [0.15, 0.2) is 48.5 Å². The van der Waals surface area contributed by atoms with Gasteiger partial charge in [-0.15, -0.1) is 0 Å². The van der Waals surface area contributed by atoms with E-state index in [9.17, 15) is 23.4 Å². The molecular formula is C22H17F3O3. The summed E-state index contributed by atoms with van der Waals surface area (Å²) >= 11 is 0. The zero-order valence-electron chi connectivity index (χ0n) is 14.9. The lowest BCUT2D eigenvalue weighted by atomic mass is 9.75. The van der Waals surface area contributed by atoms with E-state index in [2.05, 4.69) is 0 Å². The summed E-state index contributed by atoms with van der Waals surface area (Å²) in [7, 11) is 0. The molecule has 3 aromatic carbocycles. The molecule has 2 N–H and O–H groups in total. The highest BCUT2D eigenvalue weighted by Crippen LogP contribution is 2.49. The van der Waals surface area contributed by atoms with Gasteiger partial charge in [0, 0.05) is 23.0 Å². The first-order valence-corrected chi connectivity index (χ1v) is 8.75. The molecule has 0 saturated heterocycles. The maximum Gasteiger partial charge on any atom is 0.194 e. The van der Waals surface area contributed by atoms with Crippen molar-refractivity contribution >= 4 is 0 Å². The molecule has 0 radical (unpaired) electrons. The molecule has 3 nitrogen and oxygen atoms in total. The van der Waals surface area contributed by atoms with Gasteiger partial charge in [0.05, 0.1) is 6.61 Å². The minimum absolute atomic E-state index is 0.0838. The molecule has 28 heavy (non-hydrogen) atoms. The third-order valence-corrected chi connectivity index (χ3v) is 5.24. The summed E-state index contributed by atoms with van der Waals surface area (Å²) in [6.07, 6.45) is 0. The lowest BCUT2D eigenvalue weighted by molar-refractivity contribution is 0.245. The summed E-state index contributed by atoms with van der Waals surface area (Å²) in [6.45, 7) is 1.81. The Labute approximate surface area is 159 Å².